The van der Waals surface area contributed by atoms with E-state index >= 15 is 0 Å². The van der Waals surface area contributed by atoms with E-state index in [1.165, 1.54) is 0 Å². The summed E-state index contributed by atoms with van der Waals surface area (Å²) in [6.45, 7) is 0.693. The summed E-state index contributed by atoms with van der Waals surface area (Å²) in [5.41, 5.74) is 1.42. The molecule has 2 heterocycles. The van der Waals surface area contributed by atoms with Gasteiger partial charge in [0.05, 0.1) is 19.8 Å². The summed E-state index contributed by atoms with van der Waals surface area (Å²) >= 11 is 0. The highest BCUT2D eigenvalue weighted by atomic mass is 16.7. The molecule has 7 heteroatoms. The smallest absolute Gasteiger partial charge is 0.231 e. The molecule has 0 saturated heterocycles. The molecule has 1 spiro atoms. The predicted octanol–water partition coefficient (Wildman–Crippen LogP) is 2.05. The van der Waals surface area contributed by atoms with Gasteiger partial charge >= 0.3 is 0 Å². The van der Waals surface area contributed by atoms with Crippen LogP contribution >= 0.6 is 0 Å². The number of nitrogens with zero attached hydrogens (tertiary/aromatic N) is 1. The molecule has 0 unspecified atom stereocenters. The number of aliphatic hydroxyl groups excluding tert-OH is 1. The third-order valence-electron chi connectivity index (χ3n) is 6.17. The summed E-state index contributed by atoms with van der Waals surface area (Å²) < 4.78 is 21.9. The summed E-state index contributed by atoms with van der Waals surface area (Å²) in [6, 6.07) is 7.21. The summed E-state index contributed by atoms with van der Waals surface area (Å²) in [5, 5.41) is 11.4. The molecule has 1 aliphatic carbocycles. The molecule has 3 aliphatic rings. The zero-order chi connectivity index (χ0) is 19.6. The number of carbonyl (C=O) groups is 1. The van der Waals surface area contributed by atoms with Crippen molar-refractivity contribution in [3.63, 3.8) is 0 Å². The van der Waals surface area contributed by atoms with Crippen LogP contribution in [0.3, 0.4) is 0 Å². The van der Waals surface area contributed by atoms with Crippen molar-refractivity contribution in [3.8, 4) is 23.0 Å². The maximum atomic E-state index is 13.9. The molecule has 5 rings (SSSR count). The van der Waals surface area contributed by atoms with Gasteiger partial charge in [-0.25, -0.2) is 0 Å². The van der Waals surface area contributed by atoms with Gasteiger partial charge in [0, 0.05) is 6.54 Å². The molecule has 146 valence electrons. The number of carbonyl (C=O) groups excluding carboxylic acids is 1. The molecule has 0 amide bonds. The van der Waals surface area contributed by atoms with Gasteiger partial charge in [-0.3, -0.25) is 9.69 Å². The lowest BCUT2D eigenvalue weighted by Gasteiger charge is -2.45. The standard InChI is InChI=1S/C21H21NO6/c1-22-7-6-11-8-15(25-2)16(26-3)9-13(11)21(22)19(23)12-4-5-14-18(28-10-27-14)17(12)20(21)24/h4-5,8-9,19,23H,6-7,10H2,1-3H3/t19-,21+/m0/s1. The number of rotatable bonds is 2. The van der Waals surface area contributed by atoms with Crippen LogP contribution in [0.2, 0.25) is 0 Å². The lowest BCUT2D eigenvalue weighted by Crippen LogP contribution is -2.54. The molecule has 0 saturated carbocycles. The van der Waals surface area contributed by atoms with Gasteiger partial charge < -0.3 is 24.1 Å². The molecule has 2 aromatic rings. The Balaban J connectivity index is 1.78. The lowest BCUT2D eigenvalue weighted by molar-refractivity contribution is -0.00774. The number of hydrogen-bond acceptors (Lipinski definition) is 7. The molecular weight excluding hydrogens is 362 g/mol. The van der Waals surface area contributed by atoms with Crippen molar-refractivity contribution < 1.29 is 28.8 Å². The number of methoxy groups -OCH3 is 2. The highest BCUT2D eigenvalue weighted by Gasteiger charge is 2.60. The quantitative estimate of drug-likeness (QED) is 0.850. The zero-order valence-electron chi connectivity index (χ0n) is 15.9. The van der Waals surface area contributed by atoms with Crippen molar-refractivity contribution in [2.75, 3.05) is 34.6 Å². The van der Waals surface area contributed by atoms with E-state index in [1.54, 1.807) is 26.4 Å². The van der Waals surface area contributed by atoms with Gasteiger partial charge in [-0.15, -0.1) is 0 Å². The summed E-state index contributed by atoms with van der Waals surface area (Å²) in [7, 11) is 5.01. The molecule has 0 aromatic heterocycles. The van der Waals surface area contributed by atoms with Gasteiger partial charge in [0.25, 0.3) is 0 Å². The Labute approximate surface area is 162 Å². The van der Waals surface area contributed by atoms with Crippen LogP contribution in [0.25, 0.3) is 0 Å². The van der Waals surface area contributed by atoms with Crippen LogP contribution in [0.15, 0.2) is 24.3 Å². The van der Waals surface area contributed by atoms with Gasteiger partial charge in [-0.1, -0.05) is 6.07 Å². The van der Waals surface area contributed by atoms with E-state index in [4.69, 9.17) is 18.9 Å². The minimum atomic E-state index is -1.24. The first-order valence-corrected chi connectivity index (χ1v) is 9.16. The van der Waals surface area contributed by atoms with E-state index in [9.17, 15) is 9.90 Å². The SMILES string of the molecule is COc1cc2c(cc1OC)[C@@]1(C(=O)c3c(ccc4c3OCO4)[C@@H]1O)N(C)CC2. The van der Waals surface area contributed by atoms with E-state index in [-0.39, 0.29) is 12.6 Å². The van der Waals surface area contributed by atoms with E-state index in [0.29, 0.717) is 40.7 Å². The van der Waals surface area contributed by atoms with E-state index in [0.717, 1.165) is 17.5 Å². The predicted molar refractivity (Wildman–Crippen MR) is 99.4 cm³/mol. The minimum Gasteiger partial charge on any atom is -0.493 e. The second kappa shape index (κ2) is 5.86. The molecule has 1 N–H and O–H groups in total. The summed E-state index contributed by atoms with van der Waals surface area (Å²) in [4.78, 5) is 15.8. The maximum Gasteiger partial charge on any atom is 0.231 e. The monoisotopic (exact) mass is 383 g/mol. The second-order valence-electron chi connectivity index (χ2n) is 7.30. The number of hydrogen-bond donors (Lipinski definition) is 1. The Morgan fingerprint density at radius 1 is 1.18 bits per heavy atom. The minimum absolute atomic E-state index is 0.0691. The molecule has 2 atom stereocenters. The van der Waals surface area contributed by atoms with Crippen molar-refractivity contribution in [2.24, 2.45) is 0 Å². The Bertz CT molecular complexity index is 1000. The first-order chi connectivity index (χ1) is 13.5. The Kier molecular flexibility index (Phi) is 3.63. The van der Waals surface area contributed by atoms with Crippen LogP contribution < -0.4 is 18.9 Å². The lowest BCUT2D eigenvalue weighted by atomic mass is 9.76. The largest absolute Gasteiger partial charge is 0.493 e. The van der Waals surface area contributed by atoms with Crippen molar-refractivity contribution in [3.05, 3.63) is 46.5 Å². The van der Waals surface area contributed by atoms with Crippen LogP contribution in [0, 0.1) is 0 Å². The molecule has 28 heavy (non-hydrogen) atoms. The summed E-state index contributed by atoms with van der Waals surface area (Å²) in [6.07, 6.45) is -0.297. The van der Waals surface area contributed by atoms with Crippen LogP contribution in [-0.2, 0) is 12.0 Å². The number of fused-ring (bicyclic) bond motifs is 5. The Hall–Kier alpha value is -2.77. The number of benzene rings is 2. The molecule has 2 aromatic carbocycles. The van der Waals surface area contributed by atoms with Crippen molar-refractivity contribution >= 4 is 5.78 Å². The topological polar surface area (TPSA) is 77.5 Å². The molecular formula is C21H21NO6. The fraction of sp³-hybridized carbons (Fsp3) is 0.381. The third-order valence-corrected chi connectivity index (χ3v) is 6.17. The van der Waals surface area contributed by atoms with Gasteiger partial charge in [-0.2, -0.15) is 0 Å². The van der Waals surface area contributed by atoms with Crippen molar-refractivity contribution in [1.82, 2.24) is 4.90 Å². The fourth-order valence-corrected chi connectivity index (χ4v) is 4.79. The second-order valence-corrected chi connectivity index (χ2v) is 7.30. The number of likely N-dealkylation sites (N-methyl/N-ethyl adjacent to an activating group) is 1. The molecule has 0 bridgehead atoms. The number of ether oxygens (including phenoxy) is 4. The normalized spacial score (nSPS) is 25.0. The van der Waals surface area contributed by atoms with E-state index < -0.39 is 11.6 Å². The average Bonchev–Trinajstić information content (AvgIpc) is 3.27. The fourth-order valence-electron chi connectivity index (χ4n) is 4.79. The number of aliphatic hydroxyl groups is 1. The van der Waals surface area contributed by atoms with Crippen molar-refractivity contribution in [1.29, 1.82) is 0 Å². The van der Waals surface area contributed by atoms with Crippen LogP contribution in [0.4, 0.5) is 0 Å². The third kappa shape index (κ3) is 1.92. The highest BCUT2D eigenvalue weighted by Crippen LogP contribution is 2.57. The highest BCUT2D eigenvalue weighted by molar-refractivity contribution is 6.11. The van der Waals surface area contributed by atoms with Crippen LogP contribution in [0.5, 0.6) is 23.0 Å². The van der Waals surface area contributed by atoms with Crippen LogP contribution in [0.1, 0.15) is 33.2 Å². The first-order valence-electron chi connectivity index (χ1n) is 9.16. The summed E-state index contributed by atoms with van der Waals surface area (Å²) in [5.74, 6) is 1.89. The maximum absolute atomic E-state index is 13.9. The van der Waals surface area contributed by atoms with Crippen LogP contribution in [-0.4, -0.2) is 50.4 Å². The molecule has 0 radical (unpaired) electrons. The number of Topliss-reactive ketones (excluding diaryl/α,β-unsaturated/α-hetero) is 1. The van der Waals surface area contributed by atoms with Gasteiger partial charge in [0.1, 0.15) is 11.6 Å². The van der Waals surface area contributed by atoms with Gasteiger partial charge in [-0.05, 0) is 48.4 Å². The Morgan fingerprint density at radius 3 is 2.68 bits per heavy atom. The first kappa shape index (κ1) is 17.3. The molecule has 2 aliphatic heterocycles. The zero-order valence-corrected chi connectivity index (χ0v) is 15.9. The Morgan fingerprint density at radius 2 is 1.93 bits per heavy atom. The average molecular weight is 383 g/mol. The van der Waals surface area contributed by atoms with Crippen molar-refractivity contribution in [2.45, 2.75) is 18.1 Å². The molecule has 7 nitrogen and oxygen atoms in total. The van der Waals surface area contributed by atoms with E-state index in [2.05, 4.69) is 0 Å². The van der Waals surface area contributed by atoms with E-state index in [1.807, 2.05) is 24.1 Å². The number of ketones is 1. The van der Waals surface area contributed by atoms with Gasteiger partial charge in [0.2, 0.25) is 6.79 Å². The van der Waals surface area contributed by atoms with Gasteiger partial charge in [0.15, 0.2) is 28.8 Å². The molecule has 0 fully saturated rings.